The first kappa shape index (κ1) is 19.4. The van der Waals surface area contributed by atoms with Crippen LogP contribution in [0.1, 0.15) is 25.7 Å². The summed E-state index contributed by atoms with van der Waals surface area (Å²) in [5, 5.41) is 0. The first-order valence-electron chi connectivity index (χ1n) is 7.43. The van der Waals surface area contributed by atoms with Crippen LogP contribution < -0.4 is 0 Å². The van der Waals surface area contributed by atoms with Gasteiger partial charge in [-0.25, -0.2) is 9.59 Å². The standard InChI is InChI=1S/C16H20O8/c1-3-13(17)21-9-7-15(19)23-11-5-6-12(11)24-16(20)8-10-22-14(18)4-2/h3-4,11-12H,1-2,5-10H2. The molecule has 0 aromatic rings. The van der Waals surface area contributed by atoms with Crippen molar-refractivity contribution in [1.29, 1.82) is 0 Å². The number of hydrogen-bond donors (Lipinski definition) is 0. The minimum absolute atomic E-state index is 0.0890. The Kier molecular flexibility index (Phi) is 8.24. The van der Waals surface area contributed by atoms with Gasteiger partial charge in [0.2, 0.25) is 0 Å². The molecule has 0 amide bonds. The number of esters is 4. The van der Waals surface area contributed by atoms with Crippen LogP contribution in [0.15, 0.2) is 25.3 Å². The van der Waals surface area contributed by atoms with E-state index in [1.54, 1.807) is 0 Å². The molecule has 1 aliphatic carbocycles. The third kappa shape index (κ3) is 7.08. The predicted octanol–water partition coefficient (Wildman–Crippen LogP) is 0.842. The van der Waals surface area contributed by atoms with Crippen molar-refractivity contribution < 1.29 is 38.1 Å². The van der Waals surface area contributed by atoms with Crippen molar-refractivity contribution >= 4 is 23.9 Å². The van der Waals surface area contributed by atoms with Gasteiger partial charge in [0.05, 0.1) is 12.8 Å². The molecule has 24 heavy (non-hydrogen) atoms. The molecule has 0 heterocycles. The Morgan fingerprint density at radius 3 is 1.46 bits per heavy atom. The molecule has 2 unspecified atom stereocenters. The highest BCUT2D eigenvalue weighted by atomic mass is 16.6. The van der Waals surface area contributed by atoms with E-state index in [9.17, 15) is 19.2 Å². The van der Waals surface area contributed by atoms with Crippen molar-refractivity contribution in [2.24, 2.45) is 0 Å². The van der Waals surface area contributed by atoms with Gasteiger partial charge in [0.25, 0.3) is 0 Å². The van der Waals surface area contributed by atoms with Gasteiger partial charge in [-0.15, -0.1) is 0 Å². The summed E-state index contributed by atoms with van der Waals surface area (Å²) in [7, 11) is 0. The highest BCUT2D eigenvalue weighted by molar-refractivity contribution is 5.82. The summed E-state index contributed by atoms with van der Waals surface area (Å²) in [6.07, 6.45) is 1.98. The van der Waals surface area contributed by atoms with E-state index in [-0.39, 0.29) is 26.1 Å². The number of ether oxygens (including phenoxy) is 4. The maximum absolute atomic E-state index is 11.6. The van der Waals surface area contributed by atoms with Crippen molar-refractivity contribution in [2.45, 2.75) is 37.9 Å². The first-order chi connectivity index (χ1) is 11.5. The summed E-state index contributed by atoms with van der Waals surface area (Å²) in [6, 6.07) is 0. The van der Waals surface area contributed by atoms with Gasteiger partial charge < -0.3 is 18.9 Å². The number of carbonyl (C=O) groups is 4. The van der Waals surface area contributed by atoms with Gasteiger partial charge in [0, 0.05) is 12.2 Å². The minimum Gasteiger partial charge on any atom is -0.462 e. The van der Waals surface area contributed by atoms with E-state index in [1.165, 1.54) is 0 Å². The smallest absolute Gasteiger partial charge is 0.330 e. The second-order valence-electron chi connectivity index (χ2n) is 4.88. The summed E-state index contributed by atoms with van der Waals surface area (Å²) < 4.78 is 19.6. The third-order valence-electron chi connectivity index (χ3n) is 3.15. The lowest BCUT2D eigenvalue weighted by atomic mass is 9.91. The Morgan fingerprint density at radius 1 is 0.792 bits per heavy atom. The topological polar surface area (TPSA) is 105 Å². The highest BCUT2D eigenvalue weighted by Crippen LogP contribution is 2.27. The molecule has 0 aliphatic heterocycles. The Morgan fingerprint density at radius 2 is 1.17 bits per heavy atom. The summed E-state index contributed by atoms with van der Waals surface area (Å²) >= 11 is 0. The lowest BCUT2D eigenvalue weighted by molar-refractivity contribution is -0.182. The van der Waals surface area contributed by atoms with Crippen LogP contribution in [0.25, 0.3) is 0 Å². The normalized spacial score (nSPS) is 18.5. The third-order valence-corrected chi connectivity index (χ3v) is 3.15. The summed E-state index contributed by atoms with van der Waals surface area (Å²) in [6.45, 7) is 6.26. The Balaban J connectivity index is 2.19. The van der Waals surface area contributed by atoms with Crippen LogP contribution in [0, 0.1) is 0 Å². The summed E-state index contributed by atoms with van der Waals surface area (Å²) in [5.41, 5.74) is 0. The van der Waals surface area contributed by atoms with Crippen LogP contribution in [0.2, 0.25) is 0 Å². The summed E-state index contributed by atoms with van der Waals surface area (Å²) in [4.78, 5) is 44.8. The van der Waals surface area contributed by atoms with Crippen molar-refractivity contribution in [1.82, 2.24) is 0 Å². The molecule has 1 fully saturated rings. The van der Waals surface area contributed by atoms with Gasteiger partial charge in [0.1, 0.15) is 25.4 Å². The molecule has 0 saturated heterocycles. The SMILES string of the molecule is C=CC(=O)OCCC(=O)OC1CCC1OC(=O)CCOC(=O)C=C. The van der Waals surface area contributed by atoms with Crippen molar-refractivity contribution in [3.63, 3.8) is 0 Å². The van der Waals surface area contributed by atoms with E-state index >= 15 is 0 Å². The fourth-order valence-corrected chi connectivity index (χ4v) is 1.75. The average molecular weight is 340 g/mol. The molecule has 2 atom stereocenters. The summed E-state index contributed by atoms with van der Waals surface area (Å²) in [5.74, 6) is -2.32. The van der Waals surface area contributed by atoms with Crippen molar-refractivity contribution in [2.75, 3.05) is 13.2 Å². The quantitative estimate of drug-likeness (QED) is 0.327. The van der Waals surface area contributed by atoms with Gasteiger partial charge in [-0.3, -0.25) is 9.59 Å². The molecule has 0 aromatic carbocycles. The molecular formula is C16H20O8. The van der Waals surface area contributed by atoms with Gasteiger partial charge in [-0.1, -0.05) is 13.2 Å². The molecule has 0 radical (unpaired) electrons. The monoisotopic (exact) mass is 340 g/mol. The molecule has 0 aromatic heterocycles. The van der Waals surface area contributed by atoms with Gasteiger partial charge >= 0.3 is 23.9 Å². The zero-order valence-electron chi connectivity index (χ0n) is 13.2. The van der Waals surface area contributed by atoms with Gasteiger partial charge in [0.15, 0.2) is 0 Å². The van der Waals surface area contributed by atoms with E-state index in [1.807, 2.05) is 0 Å². The fraction of sp³-hybridized carbons (Fsp3) is 0.500. The van der Waals surface area contributed by atoms with E-state index in [0.29, 0.717) is 12.8 Å². The van der Waals surface area contributed by atoms with Crippen LogP contribution in [0.3, 0.4) is 0 Å². The first-order valence-corrected chi connectivity index (χ1v) is 7.43. The number of carbonyl (C=O) groups excluding carboxylic acids is 4. The van der Waals surface area contributed by atoms with Crippen LogP contribution >= 0.6 is 0 Å². The Labute approximate surface area is 139 Å². The highest BCUT2D eigenvalue weighted by Gasteiger charge is 2.37. The molecule has 1 rings (SSSR count). The molecule has 8 heteroatoms. The van der Waals surface area contributed by atoms with E-state index in [4.69, 9.17) is 9.47 Å². The largest absolute Gasteiger partial charge is 0.462 e. The molecule has 0 N–H and O–H groups in total. The molecule has 0 spiro atoms. The van der Waals surface area contributed by atoms with Crippen LogP contribution in [0.5, 0.6) is 0 Å². The van der Waals surface area contributed by atoms with Gasteiger partial charge in [-0.2, -0.15) is 0 Å². The lowest BCUT2D eigenvalue weighted by Gasteiger charge is -2.35. The Bertz CT molecular complexity index is 464. The maximum atomic E-state index is 11.6. The van der Waals surface area contributed by atoms with Gasteiger partial charge in [-0.05, 0) is 12.8 Å². The molecular weight excluding hydrogens is 320 g/mol. The maximum Gasteiger partial charge on any atom is 0.330 e. The second-order valence-corrected chi connectivity index (χ2v) is 4.88. The zero-order chi connectivity index (χ0) is 17.9. The van der Waals surface area contributed by atoms with Crippen LogP contribution in [-0.2, 0) is 38.1 Å². The molecule has 1 aliphatic rings. The zero-order valence-corrected chi connectivity index (χ0v) is 13.2. The molecule has 8 nitrogen and oxygen atoms in total. The lowest BCUT2D eigenvalue weighted by Crippen LogP contribution is -2.44. The van der Waals surface area contributed by atoms with E-state index in [2.05, 4.69) is 22.6 Å². The minimum atomic E-state index is -0.615. The second kappa shape index (κ2) is 10.2. The molecule has 0 bridgehead atoms. The molecule has 1 saturated carbocycles. The fourth-order valence-electron chi connectivity index (χ4n) is 1.75. The van der Waals surface area contributed by atoms with Crippen LogP contribution in [0.4, 0.5) is 0 Å². The van der Waals surface area contributed by atoms with E-state index < -0.39 is 36.1 Å². The van der Waals surface area contributed by atoms with E-state index in [0.717, 1.165) is 12.2 Å². The number of rotatable bonds is 10. The Hall–Kier alpha value is -2.64. The predicted molar refractivity (Wildman–Crippen MR) is 80.5 cm³/mol. The van der Waals surface area contributed by atoms with Crippen molar-refractivity contribution in [3.05, 3.63) is 25.3 Å². The van der Waals surface area contributed by atoms with Crippen molar-refractivity contribution in [3.8, 4) is 0 Å². The van der Waals surface area contributed by atoms with Crippen LogP contribution in [-0.4, -0.2) is 49.3 Å². The molecule has 132 valence electrons. The number of hydrogen-bond acceptors (Lipinski definition) is 8. The average Bonchev–Trinajstić information content (AvgIpc) is 2.56.